The molecule has 2 heterocycles. The molecule has 1 aliphatic carbocycles. The fourth-order valence-corrected chi connectivity index (χ4v) is 3.41. The van der Waals surface area contributed by atoms with E-state index in [1.165, 1.54) is 0 Å². The van der Waals surface area contributed by atoms with Crippen LogP contribution in [-0.4, -0.2) is 43.0 Å². The zero-order valence-corrected chi connectivity index (χ0v) is 15.0. The average Bonchev–Trinajstić information content (AvgIpc) is 3.36. The van der Waals surface area contributed by atoms with Crippen molar-refractivity contribution in [3.8, 4) is 5.69 Å². The molecule has 8 heteroatoms. The molecule has 0 aliphatic heterocycles. The van der Waals surface area contributed by atoms with Crippen molar-refractivity contribution in [2.24, 2.45) is 0 Å². The Kier molecular flexibility index (Phi) is 4.78. The van der Waals surface area contributed by atoms with E-state index in [1.807, 2.05) is 25.1 Å². The molecule has 0 bridgehead atoms. The number of aryl methyl sites for hydroxylation is 1. The normalized spacial score (nSPS) is 19.0. The van der Waals surface area contributed by atoms with E-state index in [0.29, 0.717) is 11.3 Å². The van der Waals surface area contributed by atoms with Gasteiger partial charge in [-0.2, -0.15) is 0 Å². The lowest BCUT2D eigenvalue weighted by atomic mass is 10.1. The molecule has 2 atom stereocenters. The van der Waals surface area contributed by atoms with Gasteiger partial charge in [0.2, 0.25) is 0 Å². The van der Waals surface area contributed by atoms with Gasteiger partial charge in [0.15, 0.2) is 0 Å². The lowest BCUT2D eigenvalue weighted by Gasteiger charge is -2.23. The van der Waals surface area contributed by atoms with E-state index in [4.69, 9.17) is 0 Å². The first-order valence-electron chi connectivity index (χ1n) is 9.02. The maximum absolute atomic E-state index is 12.9. The minimum absolute atomic E-state index is 0.0319. The highest BCUT2D eigenvalue weighted by Gasteiger charge is 2.29. The van der Waals surface area contributed by atoms with Crippen molar-refractivity contribution in [3.05, 3.63) is 60.3 Å². The van der Waals surface area contributed by atoms with Crippen LogP contribution in [0.25, 0.3) is 5.69 Å². The first-order chi connectivity index (χ1) is 13.2. The molecule has 2 N–H and O–H groups in total. The number of carbonyl (C=O) groups is 1. The third kappa shape index (κ3) is 3.79. The number of para-hydroxylation sites is 1. The summed E-state index contributed by atoms with van der Waals surface area (Å²) < 4.78 is 1.60. The maximum Gasteiger partial charge on any atom is 0.253 e. The molecule has 0 radical (unpaired) electrons. The molecule has 27 heavy (non-hydrogen) atoms. The Labute approximate surface area is 157 Å². The second-order valence-corrected chi connectivity index (χ2v) is 6.67. The molecule has 138 valence electrons. The molecule has 3 aromatic rings. The van der Waals surface area contributed by atoms with E-state index in [2.05, 4.69) is 30.9 Å². The molecule has 1 fully saturated rings. The predicted molar refractivity (Wildman–Crippen MR) is 101 cm³/mol. The summed E-state index contributed by atoms with van der Waals surface area (Å²) in [7, 11) is 0. The minimum Gasteiger partial charge on any atom is -0.364 e. The number of amides is 1. The number of hydrogen-bond acceptors (Lipinski definition) is 6. The molecule has 8 nitrogen and oxygen atoms in total. The Morgan fingerprint density at radius 3 is 2.78 bits per heavy atom. The number of carbonyl (C=O) groups excluding carboxylic acids is 1. The largest absolute Gasteiger partial charge is 0.364 e. The van der Waals surface area contributed by atoms with E-state index >= 15 is 0 Å². The van der Waals surface area contributed by atoms with Crippen LogP contribution in [0.2, 0.25) is 0 Å². The number of anilines is 1. The molecule has 1 aromatic carbocycles. The quantitative estimate of drug-likeness (QED) is 0.721. The van der Waals surface area contributed by atoms with Crippen LogP contribution in [0.1, 0.15) is 35.3 Å². The van der Waals surface area contributed by atoms with Gasteiger partial charge < -0.3 is 10.6 Å². The van der Waals surface area contributed by atoms with E-state index in [-0.39, 0.29) is 18.0 Å². The summed E-state index contributed by atoms with van der Waals surface area (Å²) in [6.45, 7) is 1.90. The van der Waals surface area contributed by atoms with Gasteiger partial charge in [0, 0.05) is 12.1 Å². The Hall–Kier alpha value is -3.29. The molecular formula is C19H21N7O. The molecule has 0 saturated heterocycles. The van der Waals surface area contributed by atoms with Crippen molar-refractivity contribution in [3.63, 3.8) is 0 Å². The van der Waals surface area contributed by atoms with Gasteiger partial charge in [-0.05, 0) is 38.3 Å². The molecular weight excluding hydrogens is 342 g/mol. The van der Waals surface area contributed by atoms with Crippen molar-refractivity contribution in [1.29, 1.82) is 0 Å². The van der Waals surface area contributed by atoms with Crippen molar-refractivity contribution in [2.45, 2.75) is 38.3 Å². The third-order valence-corrected chi connectivity index (χ3v) is 4.76. The van der Waals surface area contributed by atoms with Crippen LogP contribution in [0.15, 0.2) is 49.1 Å². The summed E-state index contributed by atoms with van der Waals surface area (Å²) in [6.07, 6.45) is 9.73. The zero-order valence-electron chi connectivity index (χ0n) is 15.0. The molecule has 1 aliphatic rings. The second kappa shape index (κ2) is 7.53. The fraction of sp³-hybridized carbons (Fsp3) is 0.316. The summed E-state index contributed by atoms with van der Waals surface area (Å²) in [4.78, 5) is 21.6. The van der Waals surface area contributed by atoms with Crippen LogP contribution in [-0.2, 0) is 0 Å². The molecule has 0 unspecified atom stereocenters. The van der Waals surface area contributed by atoms with Crippen LogP contribution in [0.4, 0.5) is 5.82 Å². The Balaban J connectivity index is 1.48. The van der Waals surface area contributed by atoms with Gasteiger partial charge in [0.25, 0.3) is 5.91 Å². The summed E-state index contributed by atoms with van der Waals surface area (Å²) in [5.74, 6) is 0.615. The number of nitrogens with zero attached hydrogens (tertiary/aromatic N) is 5. The Bertz CT molecular complexity index is 908. The zero-order chi connectivity index (χ0) is 18.6. The molecule has 2 aromatic heterocycles. The molecule has 0 spiro atoms. The highest BCUT2D eigenvalue weighted by molar-refractivity contribution is 5.98. The third-order valence-electron chi connectivity index (χ3n) is 4.76. The summed E-state index contributed by atoms with van der Waals surface area (Å²) >= 11 is 0. The standard InChI is InChI=1S/C19H21N7O/c1-13-11-21-18(12-20-13)23-15-6-4-7-16(15)24-19(27)14-5-2-3-8-17(14)26-10-9-22-25-26/h2-3,5,8-12,15-16H,4,6-7H2,1H3,(H,21,23)(H,24,27)/t15-,16-/m0/s1. The van der Waals surface area contributed by atoms with Crippen LogP contribution in [0.5, 0.6) is 0 Å². The molecule has 4 rings (SSSR count). The monoisotopic (exact) mass is 363 g/mol. The van der Waals surface area contributed by atoms with Gasteiger partial charge in [-0.15, -0.1) is 5.10 Å². The Morgan fingerprint density at radius 2 is 2.00 bits per heavy atom. The highest BCUT2D eigenvalue weighted by atomic mass is 16.1. The van der Waals surface area contributed by atoms with Crippen molar-refractivity contribution in [1.82, 2.24) is 30.3 Å². The predicted octanol–water partition coefficient (Wildman–Crippen LogP) is 2.13. The minimum atomic E-state index is -0.116. The number of hydrogen-bond donors (Lipinski definition) is 2. The van der Waals surface area contributed by atoms with Gasteiger partial charge in [-0.3, -0.25) is 9.78 Å². The smallest absolute Gasteiger partial charge is 0.253 e. The van der Waals surface area contributed by atoms with Crippen LogP contribution < -0.4 is 10.6 Å². The van der Waals surface area contributed by atoms with Gasteiger partial charge in [0.05, 0.1) is 41.7 Å². The van der Waals surface area contributed by atoms with E-state index in [9.17, 15) is 4.79 Å². The van der Waals surface area contributed by atoms with Crippen LogP contribution >= 0.6 is 0 Å². The van der Waals surface area contributed by atoms with E-state index in [1.54, 1.807) is 35.5 Å². The van der Waals surface area contributed by atoms with E-state index < -0.39 is 0 Å². The van der Waals surface area contributed by atoms with E-state index in [0.717, 1.165) is 30.8 Å². The van der Waals surface area contributed by atoms with Gasteiger partial charge in [-0.25, -0.2) is 9.67 Å². The highest BCUT2D eigenvalue weighted by Crippen LogP contribution is 2.23. The lowest BCUT2D eigenvalue weighted by molar-refractivity contribution is 0.0935. The van der Waals surface area contributed by atoms with Gasteiger partial charge >= 0.3 is 0 Å². The summed E-state index contributed by atoms with van der Waals surface area (Å²) in [6, 6.07) is 7.55. The number of benzene rings is 1. The number of aromatic nitrogens is 5. The van der Waals surface area contributed by atoms with Crippen LogP contribution in [0.3, 0.4) is 0 Å². The second-order valence-electron chi connectivity index (χ2n) is 6.67. The first kappa shape index (κ1) is 17.1. The van der Waals surface area contributed by atoms with Crippen molar-refractivity contribution in [2.75, 3.05) is 5.32 Å². The van der Waals surface area contributed by atoms with Crippen molar-refractivity contribution < 1.29 is 4.79 Å². The number of rotatable bonds is 5. The maximum atomic E-state index is 12.9. The van der Waals surface area contributed by atoms with Crippen LogP contribution in [0, 0.1) is 6.92 Å². The van der Waals surface area contributed by atoms with Gasteiger partial charge in [0.1, 0.15) is 5.82 Å². The van der Waals surface area contributed by atoms with Crippen molar-refractivity contribution >= 4 is 11.7 Å². The summed E-state index contributed by atoms with van der Waals surface area (Å²) in [5.41, 5.74) is 2.16. The fourth-order valence-electron chi connectivity index (χ4n) is 3.41. The number of nitrogens with one attached hydrogen (secondary N) is 2. The Morgan fingerprint density at radius 1 is 1.15 bits per heavy atom. The SMILES string of the molecule is Cc1cnc(N[C@H]2CCC[C@@H]2NC(=O)c2ccccc2-n2ccnn2)cn1. The molecule has 1 amide bonds. The average molecular weight is 363 g/mol. The lowest BCUT2D eigenvalue weighted by Crippen LogP contribution is -2.43. The van der Waals surface area contributed by atoms with Gasteiger partial charge in [-0.1, -0.05) is 17.3 Å². The molecule has 1 saturated carbocycles. The topological polar surface area (TPSA) is 97.6 Å². The summed E-state index contributed by atoms with van der Waals surface area (Å²) in [5, 5.41) is 14.4. The first-order valence-corrected chi connectivity index (χ1v) is 9.02.